The Balaban J connectivity index is 1.91. The Morgan fingerprint density at radius 3 is 3.07 bits per heavy atom. The van der Waals surface area contributed by atoms with Crippen LogP contribution >= 0.6 is 11.3 Å². The Morgan fingerprint density at radius 1 is 1.60 bits per heavy atom. The van der Waals surface area contributed by atoms with Gasteiger partial charge in [0.05, 0.1) is 6.61 Å². The lowest BCUT2D eigenvalue weighted by molar-refractivity contribution is 0.0672. The first-order valence-electron chi connectivity index (χ1n) is 5.65. The van der Waals surface area contributed by atoms with E-state index in [0.29, 0.717) is 12.1 Å². The summed E-state index contributed by atoms with van der Waals surface area (Å²) >= 11 is 1.84. The maximum Gasteiger partial charge on any atom is 0.0619 e. The number of ether oxygens (including phenoxy) is 1. The smallest absolute Gasteiger partial charge is 0.0619 e. The highest BCUT2D eigenvalue weighted by Gasteiger charge is 2.18. The van der Waals surface area contributed by atoms with Crippen molar-refractivity contribution in [2.45, 2.75) is 38.8 Å². The molecule has 0 amide bonds. The molecule has 2 atom stereocenters. The first-order valence-corrected chi connectivity index (χ1v) is 6.53. The van der Waals surface area contributed by atoms with Gasteiger partial charge in [0, 0.05) is 23.6 Å². The molecule has 0 bridgehead atoms. The second-order valence-corrected chi connectivity index (χ2v) is 5.22. The highest BCUT2D eigenvalue weighted by molar-refractivity contribution is 7.10. The van der Waals surface area contributed by atoms with Gasteiger partial charge in [0.1, 0.15) is 0 Å². The second-order valence-electron chi connectivity index (χ2n) is 4.27. The van der Waals surface area contributed by atoms with Crippen molar-refractivity contribution in [1.82, 2.24) is 5.32 Å². The number of rotatable bonds is 3. The van der Waals surface area contributed by atoms with Crippen LogP contribution < -0.4 is 5.32 Å². The summed E-state index contributed by atoms with van der Waals surface area (Å²) in [7, 11) is 0. The normalized spacial score (nSPS) is 24.0. The van der Waals surface area contributed by atoms with Crippen LogP contribution in [0.15, 0.2) is 11.4 Å². The van der Waals surface area contributed by atoms with E-state index in [4.69, 9.17) is 4.74 Å². The Bertz CT molecular complexity index is 304. The van der Waals surface area contributed by atoms with Crippen LogP contribution in [0.4, 0.5) is 0 Å². The van der Waals surface area contributed by atoms with E-state index in [0.717, 1.165) is 13.2 Å². The van der Waals surface area contributed by atoms with E-state index in [1.54, 1.807) is 0 Å². The standard InChI is InChI=1S/C12H19NOS/c1-9-5-7-15-12(9)10(2)13-11-4-3-6-14-8-11/h5,7,10-11,13H,3-4,6,8H2,1-2H3. The maximum atomic E-state index is 5.47. The molecule has 2 rings (SSSR count). The van der Waals surface area contributed by atoms with E-state index in [9.17, 15) is 0 Å². The minimum absolute atomic E-state index is 0.455. The maximum absolute atomic E-state index is 5.47. The van der Waals surface area contributed by atoms with Crippen LogP contribution in [0.5, 0.6) is 0 Å². The molecule has 1 aromatic rings. The molecule has 0 aliphatic carbocycles. The van der Waals surface area contributed by atoms with Gasteiger partial charge in [-0.2, -0.15) is 0 Å². The van der Waals surface area contributed by atoms with E-state index >= 15 is 0 Å². The van der Waals surface area contributed by atoms with Crippen LogP contribution in [-0.2, 0) is 4.74 Å². The molecule has 0 spiro atoms. The third kappa shape index (κ3) is 2.80. The van der Waals surface area contributed by atoms with Crippen LogP contribution in [-0.4, -0.2) is 19.3 Å². The largest absolute Gasteiger partial charge is 0.380 e. The molecule has 0 aromatic carbocycles. The van der Waals surface area contributed by atoms with Crippen molar-refractivity contribution in [3.63, 3.8) is 0 Å². The Hall–Kier alpha value is -0.380. The van der Waals surface area contributed by atoms with Crippen LogP contribution in [0.1, 0.15) is 36.2 Å². The average molecular weight is 225 g/mol. The van der Waals surface area contributed by atoms with Gasteiger partial charge in [-0.25, -0.2) is 0 Å². The summed E-state index contributed by atoms with van der Waals surface area (Å²) in [5, 5.41) is 5.81. The fourth-order valence-electron chi connectivity index (χ4n) is 2.13. The average Bonchev–Trinajstić information content (AvgIpc) is 2.66. The number of nitrogens with one attached hydrogen (secondary N) is 1. The van der Waals surface area contributed by atoms with E-state index in [-0.39, 0.29) is 0 Å². The van der Waals surface area contributed by atoms with E-state index in [1.165, 1.54) is 23.3 Å². The van der Waals surface area contributed by atoms with Gasteiger partial charge in [-0.3, -0.25) is 0 Å². The van der Waals surface area contributed by atoms with E-state index < -0.39 is 0 Å². The minimum atomic E-state index is 0.455. The Morgan fingerprint density at radius 2 is 2.47 bits per heavy atom. The zero-order valence-electron chi connectivity index (χ0n) is 9.45. The molecule has 1 fully saturated rings. The summed E-state index contributed by atoms with van der Waals surface area (Å²) in [5.41, 5.74) is 1.40. The lowest BCUT2D eigenvalue weighted by Gasteiger charge is -2.26. The fraction of sp³-hybridized carbons (Fsp3) is 0.667. The molecule has 2 nitrogen and oxygen atoms in total. The SMILES string of the molecule is Cc1ccsc1C(C)NC1CCCOC1. The third-order valence-corrected chi connectivity index (χ3v) is 4.14. The van der Waals surface area contributed by atoms with Gasteiger partial charge in [-0.1, -0.05) is 0 Å². The monoisotopic (exact) mass is 225 g/mol. The number of hydrogen-bond acceptors (Lipinski definition) is 3. The summed E-state index contributed by atoms with van der Waals surface area (Å²) in [4.78, 5) is 1.46. The van der Waals surface area contributed by atoms with Crippen molar-refractivity contribution in [1.29, 1.82) is 0 Å². The van der Waals surface area contributed by atoms with Gasteiger partial charge in [0.15, 0.2) is 0 Å². The molecule has 15 heavy (non-hydrogen) atoms. The molecule has 0 radical (unpaired) electrons. The molecule has 1 aromatic heterocycles. The lowest BCUT2D eigenvalue weighted by atomic mass is 10.1. The molecule has 0 saturated carbocycles. The highest BCUT2D eigenvalue weighted by atomic mass is 32.1. The lowest BCUT2D eigenvalue weighted by Crippen LogP contribution is -2.38. The van der Waals surface area contributed by atoms with Gasteiger partial charge in [0.25, 0.3) is 0 Å². The van der Waals surface area contributed by atoms with Gasteiger partial charge < -0.3 is 10.1 Å². The minimum Gasteiger partial charge on any atom is -0.380 e. The van der Waals surface area contributed by atoms with Gasteiger partial charge in [-0.15, -0.1) is 11.3 Å². The zero-order chi connectivity index (χ0) is 10.7. The van der Waals surface area contributed by atoms with Crippen molar-refractivity contribution in [3.05, 3.63) is 21.9 Å². The van der Waals surface area contributed by atoms with E-state index in [2.05, 4.69) is 30.6 Å². The number of aryl methyl sites for hydroxylation is 1. The fourth-order valence-corrected chi connectivity index (χ4v) is 3.07. The molecule has 1 aliphatic rings. The quantitative estimate of drug-likeness (QED) is 0.854. The van der Waals surface area contributed by atoms with Gasteiger partial charge in [0.2, 0.25) is 0 Å². The zero-order valence-corrected chi connectivity index (χ0v) is 10.3. The Kier molecular flexibility index (Phi) is 3.78. The van der Waals surface area contributed by atoms with E-state index in [1.807, 2.05) is 11.3 Å². The van der Waals surface area contributed by atoms with Gasteiger partial charge >= 0.3 is 0 Å². The van der Waals surface area contributed by atoms with Gasteiger partial charge in [-0.05, 0) is 43.7 Å². The van der Waals surface area contributed by atoms with Crippen molar-refractivity contribution in [3.8, 4) is 0 Å². The Labute approximate surface area is 95.6 Å². The van der Waals surface area contributed by atoms with Crippen molar-refractivity contribution in [2.75, 3.05) is 13.2 Å². The summed E-state index contributed by atoms with van der Waals surface area (Å²) < 4.78 is 5.47. The topological polar surface area (TPSA) is 21.3 Å². The summed E-state index contributed by atoms with van der Waals surface area (Å²) in [6.45, 7) is 6.23. The third-order valence-electron chi connectivity index (χ3n) is 2.94. The van der Waals surface area contributed by atoms with Crippen LogP contribution in [0, 0.1) is 6.92 Å². The summed E-state index contributed by atoms with van der Waals surface area (Å²) in [5.74, 6) is 0. The molecule has 1 saturated heterocycles. The molecule has 3 heteroatoms. The predicted molar refractivity (Wildman–Crippen MR) is 64.4 cm³/mol. The number of thiophene rings is 1. The predicted octanol–water partition coefficient (Wildman–Crippen LogP) is 2.89. The number of hydrogen-bond donors (Lipinski definition) is 1. The van der Waals surface area contributed by atoms with Crippen molar-refractivity contribution >= 4 is 11.3 Å². The highest BCUT2D eigenvalue weighted by Crippen LogP contribution is 2.24. The molecule has 1 aliphatic heterocycles. The van der Waals surface area contributed by atoms with Crippen LogP contribution in [0.2, 0.25) is 0 Å². The molecular weight excluding hydrogens is 206 g/mol. The first kappa shape index (κ1) is 11.1. The molecule has 84 valence electrons. The summed E-state index contributed by atoms with van der Waals surface area (Å²) in [6, 6.07) is 3.18. The molecule has 2 unspecified atom stereocenters. The van der Waals surface area contributed by atoms with Crippen LogP contribution in [0.25, 0.3) is 0 Å². The van der Waals surface area contributed by atoms with Crippen LogP contribution in [0.3, 0.4) is 0 Å². The first-order chi connectivity index (χ1) is 7.27. The molecule has 2 heterocycles. The molecule has 1 N–H and O–H groups in total. The van der Waals surface area contributed by atoms with Crippen molar-refractivity contribution in [2.24, 2.45) is 0 Å². The summed E-state index contributed by atoms with van der Waals surface area (Å²) in [6.07, 6.45) is 2.43. The second kappa shape index (κ2) is 5.10. The van der Waals surface area contributed by atoms with Crippen molar-refractivity contribution < 1.29 is 4.74 Å². The molecular formula is C12H19NOS.